The highest BCUT2D eigenvalue weighted by molar-refractivity contribution is 5.76. The van der Waals surface area contributed by atoms with E-state index in [4.69, 9.17) is 4.74 Å². The number of likely N-dealkylation sites (tertiary alicyclic amines) is 1. The van der Waals surface area contributed by atoms with Crippen molar-refractivity contribution in [1.29, 1.82) is 0 Å². The van der Waals surface area contributed by atoms with Gasteiger partial charge < -0.3 is 15.0 Å². The van der Waals surface area contributed by atoms with Crippen LogP contribution < -0.4 is 5.32 Å². The second kappa shape index (κ2) is 10.5. The van der Waals surface area contributed by atoms with E-state index in [1.54, 1.807) is 10.9 Å². The fraction of sp³-hybridized carbons (Fsp3) is 0.600. The number of aromatic nitrogens is 3. The Bertz CT molecular complexity index is 980. The third kappa shape index (κ3) is 5.41. The first-order valence-electron chi connectivity index (χ1n) is 12.5. The molecular weight excluding hydrogens is 432 g/mol. The van der Waals surface area contributed by atoms with Crippen molar-refractivity contribution in [3.05, 3.63) is 47.8 Å². The Kier molecular flexibility index (Phi) is 7.08. The molecule has 1 N–H and O–H groups in total. The van der Waals surface area contributed by atoms with Crippen molar-refractivity contribution in [3.63, 3.8) is 0 Å². The third-order valence-corrected chi connectivity index (χ3v) is 7.37. The maximum atomic E-state index is 13.4. The summed E-state index contributed by atoms with van der Waals surface area (Å²) in [7, 11) is 0. The van der Waals surface area contributed by atoms with E-state index in [-0.39, 0.29) is 18.6 Å². The second-order valence-electron chi connectivity index (χ2n) is 9.85. The van der Waals surface area contributed by atoms with Crippen LogP contribution in [-0.4, -0.2) is 69.0 Å². The summed E-state index contributed by atoms with van der Waals surface area (Å²) in [5.41, 5.74) is 2.08. The number of piperidine rings is 2. The van der Waals surface area contributed by atoms with Crippen LogP contribution in [0.3, 0.4) is 0 Å². The Labute approximate surface area is 200 Å². The standard InChI is InChI=1S/C25H34N6O3/c32-24-9-5-11-31-22(13-27-28-31)18-34-25(33)26-10-4-8-23-21-12-20(16-30(23)24)15-29(17-21)14-19-6-2-1-3-7-19/h1-3,6-7,13,20-21,23H,4-5,8-12,14-18H2,(H,26,33)/t20?,21-,23?/m0/s1. The van der Waals surface area contributed by atoms with Gasteiger partial charge in [-0.15, -0.1) is 5.10 Å². The van der Waals surface area contributed by atoms with Gasteiger partial charge in [-0.2, -0.15) is 0 Å². The minimum atomic E-state index is -0.425. The number of hydrogen-bond donors (Lipinski definition) is 1. The lowest BCUT2D eigenvalue weighted by Crippen LogP contribution is -2.59. The lowest BCUT2D eigenvalue weighted by Gasteiger charge is -2.51. The number of alkyl carbamates (subject to hydrolysis) is 1. The topological polar surface area (TPSA) is 92.6 Å². The normalized spacial score (nSPS) is 26.9. The molecule has 2 saturated heterocycles. The molecule has 3 aliphatic rings. The van der Waals surface area contributed by atoms with Gasteiger partial charge in [0.15, 0.2) is 0 Å². The Morgan fingerprint density at radius 1 is 1.09 bits per heavy atom. The maximum absolute atomic E-state index is 13.4. The van der Waals surface area contributed by atoms with E-state index in [2.05, 4.69) is 55.8 Å². The van der Waals surface area contributed by atoms with Crippen molar-refractivity contribution in [1.82, 2.24) is 30.1 Å². The molecular formula is C25H34N6O3. The van der Waals surface area contributed by atoms with E-state index in [0.29, 0.717) is 37.8 Å². The number of amides is 2. The van der Waals surface area contributed by atoms with Crippen molar-refractivity contribution in [2.45, 2.75) is 57.8 Å². The van der Waals surface area contributed by atoms with E-state index >= 15 is 0 Å². The molecule has 2 fully saturated rings. The van der Waals surface area contributed by atoms with Gasteiger partial charge in [-0.25, -0.2) is 9.48 Å². The zero-order chi connectivity index (χ0) is 23.3. The number of rotatable bonds is 2. The Hall–Kier alpha value is -2.94. The number of carbonyl (C=O) groups is 2. The molecule has 1 aromatic carbocycles. The van der Waals surface area contributed by atoms with Crippen LogP contribution in [0.25, 0.3) is 0 Å². The lowest BCUT2D eigenvalue weighted by atomic mass is 9.77. The zero-order valence-corrected chi connectivity index (χ0v) is 19.6. The number of fused-ring (bicyclic) bond motifs is 5. The van der Waals surface area contributed by atoms with E-state index in [0.717, 1.165) is 44.7 Å². The van der Waals surface area contributed by atoms with Gasteiger partial charge in [0.1, 0.15) is 6.61 Å². The molecule has 9 nitrogen and oxygen atoms in total. The predicted octanol–water partition coefficient (Wildman–Crippen LogP) is 2.43. The van der Waals surface area contributed by atoms with Gasteiger partial charge in [0.05, 0.1) is 11.9 Å². The first-order chi connectivity index (χ1) is 16.7. The molecule has 182 valence electrons. The number of nitrogens with zero attached hydrogens (tertiary/aromatic N) is 5. The van der Waals surface area contributed by atoms with Crippen LogP contribution in [0.1, 0.15) is 43.4 Å². The molecule has 2 aromatic rings. The number of ether oxygens (including phenoxy) is 1. The molecule has 0 aliphatic carbocycles. The summed E-state index contributed by atoms with van der Waals surface area (Å²) in [5, 5.41) is 10.9. The van der Waals surface area contributed by atoms with Gasteiger partial charge in [-0.1, -0.05) is 35.5 Å². The van der Waals surface area contributed by atoms with Crippen LogP contribution in [0, 0.1) is 11.8 Å². The van der Waals surface area contributed by atoms with Gasteiger partial charge in [0.2, 0.25) is 5.91 Å². The zero-order valence-electron chi connectivity index (χ0n) is 19.6. The third-order valence-electron chi connectivity index (χ3n) is 7.37. The van der Waals surface area contributed by atoms with Gasteiger partial charge in [-0.3, -0.25) is 9.69 Å². The monoisotopic (exact) mass is 466 g/mol. The van der Waals surface area contributed by atoms with Crippen LogP contribution in [0.4, 0.5) is 4.79 Å². The fourth-order valence-corrected chi connectivity index (χ4v) is 5.87. The van der Waals surface area contributed by atoms with Gasteiger partial charge in [-0.05, 0) is 43.1 Å². The lowest BCUT2D eigenvalue weighted by molar-refractivity contribution is -0.141. The first kappa shape index (κ1) is 22.8. The Morgan fingerprint density at radius 3 is 2.85 bits per heavy atom. The molecule has 2 unspecified atom stereocenters. The van der Waals surface area contributed by atoms with Crippen molar-refractivity contribution < 1.29 is 14.3 Å². The average Bonchev–Trinajstić information content (AvgIpc) is 3.28. The number of aryl methyl sites for hydroxylation is 1. The number of nitrogens with one attached hydrogen (secondary N) is 1. The summed E-state index contributed by atoms with van der Waals surface area (Å²) in [4.78, 5) is 30.2. The van der Waals surface area contributed by atoms with Crippen molar-refractivity contribution >= 4 is 12.0 Å². The summed E-state index contributed by atoms with van der Waals surface area (Å²) < 4.78 is 7.06. The van der Waals surface area contributed by atoms with Crippen LogP contribution in [0.15, 0.2) is 36.5 Å². The van der Waals surface area contributed by atoms with Crippen molar-refractivity contribution in [3.8, 4) is 0 Å². The molecule has 34 heavy (non-hydrogen) atoms. The van der Waals surface area contributed by atoms with E-state index in [1.165, 1.54) is 12.0 Å². The fourth-order valence-electron chi connectivity index (χ4n) is 5.87. The average molecular weight is 467 g/mol. The summed E-state index contributed by atoms with van der Waals surface area (Å²) in [6.45, 7) is 5.09. The number of benzene rings is 1. The molecule has 0 spiro atoms. The van der Waals surface area contributed by atoms with Gasteiger partial charge in [0, 0.05) is 51.7 Å². The minimum absolute atomic E-state index is 0.128. The molecule has 3 atom stereocenters. The SMILES string of the molecule is O=C1NCCCC2[C@H]3CC(CN(Cc4ccccc4)C3)CN2C(=O)CCCn2nncc2CO1. The van der Waals surface area contributed by atoms with E-state index < -0.39 is 6.09 Å². The summed E-state index contributed by atoms with van der Waals surface area (Å²) in [6, 6.07) is 10.8. The molecule has 4 heterocycles. The Morgan fingerprint density at radius 2 is 1.97 bits per heavy atom. The van der Waals surface area contributed by atoms with Crippen LogP contribution in [-0.2, 0) is 29.2 Å². The van der Waals surface area contributed by atoms with Crippen LogP contribution in [0.2, 0.25) is 0 Å². The van der Waals surface area contributed by atoms with Crippen LogP contribution >= 0.6 is 0 Å². The van der Waals surface area contributed by atoms with Crippen LogP contribution in [0.5, 0.6) is 0 Å². The van der Waals surface area contributed by atoms with Crippen molar-refractivity contribution in [2.24, 2.45) is 11.8 Å². The molecule has 0 saturated carbocycles. The van der Waals surface area contributed by atoms with E-state index in [1.807, 2.05) is 0 Å². The highest BCUT2D eigenvalue weighted by Crippen LogP contribution is 2.36. The number of cyclic esters (lactones) is 1. The first-order valence-corrected chi connectivity index (χ1v) is 12.5. The molecule has 2 bridgehead atoms. The maximum Gasteiger partial charge on any atom is 0.407 e. The molecule has 1 aromatic heterocycles. The van der Waals surface area contributed by atoms with Gasteiger partial charge in [0.25, 0.3) is 0 Å². The summed E-state index contributed by atoms with van der Waals surface area (Å²) >= 11 is 0. The molecule has 9 heteroatoms. The molecule has 0 radical (unpaired) electrons. The largest absolute Gasteiger partial charge is 0.443 e. The Balaban J connectivity index is 1.28. The number of hydrogen-bond acceptors (Lipinski definition) is 6. The molecule has 5 rings (SSSR count). The highest BCUT2D eigenvalue weighted by atomic mass is 16.5. The number of carbonyl (C=O) groups excluding carboxylic acids is 2. The smallest absolute Gasteiger partial charge is 0.407 e. The molecule has 2 amide bonds. The second-order valence-corrected chi connectivity index (χ2v) is 9.85. The summed E-state index contributed by atoms with van der Waals surface area (Å²) in [6.07, 6.45) is 5.28. The summed E-state index contributed by atoms with van der Waals surface area (Å²) in [5.74, 6) is 1.22. The van der Waals surface area contributed by atoms with E-state index in [9.17, 15) is 9.59 Å². The van der Waals surface area contributed by atoms with Gasteiger partial charge >= 0.3 is 6.09 Å². The molecule has 3 aliphatic heterocycles. The predicted molar refractivity (Wildman–Crippen MR) is 125 cm³/mol. The quantitative estimate of drug-likeness (QED) is 0.731. The van der Waals surface area contributed by atoms with Crippen molar-refractivity contribution in [2.75, 3.05) is 26.2 Å². The highest BCUT2D eigenvalue weighted by Gasteiger charge is 2.42. The minimum Gasteiger partial charge on any atom is -0.443 e.